The smallest absolute Gasteiger partial charge is 0.456 e. The summed E-state index contributed by atoms with van der Waals surface area (Å²) in [5, 5.41) is 2.38. The maximum atomic E-state index is 13.2. The average molecular weight is 1370 g/mol. The van der Waals surface area contributed by atoms with E-state index in [1.807, 2.05) is 200 Å². The Bertz CT molecular complexity index is 5670. The van der Waals surface area contributed by atoms with Crippen molar-refractivity contribution in [2.45, 2.75) is 38.9 Å². The predicted octanol–water partition coefficient (Wildman–Crippen LogP) is 20.0. The zero-order chi connectivity index (χ0) is 68.3. The molecule has 0 unspecified atom stereocenters. The Kier molecular flexibility index (Phi) is 17.6. The first-order chi connectivity index (χ1) is 48.7. The quantitative estimate of drug-likeness (QED) is 0.0945. The Morgan fingerprint density at radius 2 is 0.560 bits per heavy atom. The molecule has 14 heteroatoms. The van der Waals surface area contributed by atoms with E-state index < -0.39 is 7.12 Å². The second kappa shape index (κ2) is 27.5. The zero-order valence-corrected chi connectivity index (χ0v) is 56.5. The number of aromatic nitrogens is 6. The number of rotatable bonds is 10. The molecule has 4 aromatic heterocycles. The Labute approximate surface area is 585 Å². The lowest BCUT2D eigenvalue weighted by Gasteiger charge is -2.32. The summed E-state index contributed by atoms with van der Waals surface area (Å²) in [7, 11) is -0.396. The molecular weight excluding hydrogens is 1300 g/mol. The summed E-state index contributed by atoms with van der Waals surface area (Å²) in [5.41, 5.74) is 14.6. The van der Waals surface area contributed by atoms with E-state index in [4.69, 9.17) is 48.0 Å². The van der Waals surface area contributed by atoms with E-state index in [-0.39, 0.29) is 22.1 Å². The summed E-state index contributed by atoms with van der Waals surface area (Å²) >= 11 is 3.35. The molecule has 482 valence electrons. The van der Waals surface area contributed by atoms with Crippen molar-refractivity contribution in [1.29, 1.82) is 0 Å². The lowest BCUT2D eigenvalue weighted by Crippen LogP contribution is -2.41. The second-order valence-corrected chi connectivity index (χ2v) is 26.1. The van der Waals surface area contributed by atoms with Gasteiger partial charge in [-0.05, 0) is 127 Å². The standard InChI is InChI=1S/C40H25N3O2.C33H30BN3O2.C13H7BrO2/c44-37-33-16-7-8-17-35(33)45-36-23-22-32(25-34(36)37)31-15-9-14-30(24-31)26-18-20-29(21-19-26)40-42-38(27-10-3-1-4-11-27)41-39(43-40)28-12-5-2-6-13-28;1-32(2)33(3,4)39-34(38-32)28-17-11-16-27(22-28)23-18-20-26(21-19-23)31-36-29(24-12-7-5-8-13-24)35-30(37-31)25-14-9-6-10-15-25;14-8-5-6-12-10(7-8)13(15)9-3-1-2-4-11(9)16-12/h1-25H;5-22H,1-4H3;1-7H. The van der Waals surface area contributed by atoms with Gasteiger partial charge in [-0.2, -0.15) is 0 Å². The molecule has 16 aromatic rings. The van der Waals surface area contributed by atoms with Crippen molar-refractivity contribution >= 4 is 72.4 Å². The van der Waals surface area contributed by atoms with E-state index in [0.29, 0.717) is 78.8 Å². The van der Waals surface area contributed by atoms with Crippen LogP contribution < -0.4 is 16.3 Å². The number of para-hydroxylation sites is 2. The number of hydrogen-bond acceptors (Lipinski definition) is 12. The van der Waals surface area contributed by atoms with Crippen LogP contribution >= 0.6 is 15.9 Å². The highest BCUT2D eigenvalue weighted by Crippen LogP contribution is 2.38. The van der Waals surface area contributed by atoms with E-state index in [0.717, 1.165) is 76.7 Å². The maximum Gasteiger partial charge on any atom is 0.494 e. The first-order valence-electron chi connectivity index (χ1n) is 32.8. The third-order valence-electron chi connectivity index (χ3n) is 18.1. The van der Waals surface area contributed by atoms with Gasteiger partial charge in [0.2, 0.25) is 10.9 Å². The van der Waals surface area contributed by atoms with Crippen LogP contribution in [0, 0.1) is 0 Å². The van der Waals surface area contributed by atoms with Gasteiger partial charge >= 0.3 is 7.12 Å². The number of fused-ring (bicyclic) bond motifs is 4. The van der Waals surface area contributed by atoms with E-state index in [1.54, 1.807) is 30.3 Å². The molecule has 0 spiro atoms. The molecule has 0 atom stereocenters. The molecule has 0 aliphatic carbocycles. The largest absolute Gasteiger partial charge is 0.494 e. The van der Waals surface area contributed by atoms with Crippen molar-refractivity contribution in [3.8, 4) is 102 Å². The van der Waals surface area contributed by atoms with Crippen molar-refractivity contribution in [1.82, 2.24) is 29.9 Å². The van der Waals surface area contributed by atoms with Crippen molar-refractivity contribution in [2.75, 3.05) is 0 Å². The van der Waals surface area contributed by atoms with Gasteiger partial charge < -0.3 is 18.1 Å². The minimum atomic E-state index is -0.396. The Morgan fingerprint density at radius 1 is 0.270 bits per heavy atom. The van der Waals surface area contributed by atoms with E-state index in [1.165, 1.54) is 0 Å². The lowest BCUT2D eigenvalue weighted by molar-refractivity contribution is 0.00578. The molecule has 0 saturated carbocycles. The molecule has 12 aromatic carbocycles. The van der Waals surface area contributed by atoms with Crippen molar-refractivity contribution < 1.29 is 18.1 Å². The third-order valence-corrected chi connectivity index (χ3v) is 18.6. The van der Waals surface area contributed by atoms with Crippen LogP contribution in [-0.2, 0) is 9.31 Å². The molecule has 0 bridgehead atoms. The topological polar surface area (TPSA) is 156 Å². The maximum absolute atomic E-state index is 13.2. The zero-order valence-electron chi connectivity index (χ0n) is 55.0. The van der Waals surface area contributed by atoms with E-state index >= 15 is 0 Å². The van der Waals surface area contributed by atoms with Crippen LogP contribution in [0.15, 0.2) is 326 Å². The molecule has 1 aliphatic heterocycles. The fourth-order valence-corrected chi connectivity index (χ4v) is 12.3. The molecule has 12 nitrogen and oxygen atoms in total. The number of halogens is 1. The van der Waals surface area contributed by atoms with Crippen molar-refractivity contribution in [3.63, 3.8) is 0 Å². The Balaban J connectivity index is 0.000000134. The van der Waals surface area contributed by atoms with Crippen LogP contribution in [0.3, 0.4) is 0 Å². The van der Waals surface area contributed by atoms with Gasteiger partial charge in [0.05, 0.1) is 32.7 Å². The number of benzene rings is 12. The highest BCUT2D eigenvalue weighted by molar-refractivity contribution is 9.10. The molecular formula is C86H62BBrN6O6. The number of nitrogens with zero attached hydrogens (tertiary/aromatic N) is 6. The molecule has 0 amide bonds. The Hall–Kier alpha value is -11.9. The first kappa shape index (κ1) is 64.1. The minimum Gasteiger partial charge on any atom is -0.456 e. The summed E-state index contributed by atoms with van der Waals surface area (Å²) < 4.78 is 25.1. The van der Waals surface area contributed by atoms with E-state index in [2.05, 4.69) is 116 Å². The highest BCUT2D eigenvalue weighted by Gasteiger charge is 2.51. The first-order valence-corrected chi connectivity index (χ1v) is 33.6. The van der Waals surface area contributed by atoms with Gasteiger partial charge in [0.15, 0.2) is 34.9 Å². The van der Waals surface area contributed by atoms with Crippen LogP contribution in [0.2, 0.25) is 0 Å². The van der Waals surface area contributed by atoms with Crippen LogP contribution in [-0.4, -0.2) is 48.2 Å². The van der Waals surface area contributed by atoms with Gasteiger partial charge in [-0.25, -0.2) is 29.9 Å². The van der Waals surface area contributed by atoms with Gasteiger partial charge in [0.1, 0.15) is 22.3 Å². The fraction of sp³-hybridized carbons (Fsp3) is 0.0698. The van der Waals surface area contributed by atoms with Crippen LogP contribution in [0.4, 0.5) is 0 Å². The number of hydrogen-bond donors (Lipinski definition) is 0. The minimum absolute atomic E-state index is 0.0122. The summed E-state index contributed by atoms with van der Waals surface area (Å²) in [4.78, 5) is 54.4. The molecule has 0 radical (unpaired) electrons. The van der Waals surface area contributed by atoms with Crippen molar-refractivity contribution in [2.24, 2.45) is 0 Å². The fourth-order valence-electron chi connectivity index (χ4n) is 12.0. The molecule has 17 rings (SSSR count). The van der Waals surface area contributed by atoms with Crippen LogP contribution in [0.1, 0.15) is 27.7 Å². The normalized spacial score (nSPS) is 13.0. The van der Waals surface area contributed by atoms with Gasteiger partial charge in [-0.1, -0.05) is 259 Å². The summed E-state index contributed by atoms with van der Waals surface area (Å²) in [5.74, 6) is 3.82. The van der Waals surface area contributed by atoms with E-state index in [9.17, 15) is 9.59 Å². The summed E-state index contributed by atoms with van der Waals surface area (Å²) in [6.45, 7) is 8.29. The highest BCUT2D eigenvalue weighted by atomic mass is 79.9. The van der Waals surface area contributed by atoms with Gasteiger partial charge in [-0.15, -0.1) is 0 Å². The molecule has 1 aliphatic rings. The Morgan fingerprint density at radius 3 is 0.980 bits per heavy atom. The summed E-state index contributed by atoms with van der Waals surface area (Å²) in [6, 6.07) is 99.1. The van der Waals surface area contributed by atoms with Crippen molar-refractivity contribution in [3.05, 3.63) is 328 Å². The molecule has 1 saturated heterocycles. The van der Waals surface area contributed by atoms with Crippen LogP contribution in [0.5, 0.6) is 0 Å². The SMILES string of the molecule is CC1(C)OB(c2cccc(-c3ccc(-c4nc(-c5ccccc5)nc(-c5ccccc5)n4)cc3)c2)OC1(C)C.O=c1c2ccccc2oc2ccc(-c3cccc(-c4ccc(-c5nc(-c6ccccc6)nc(-c6ccccc6)n5)cc4)c3)cc12.O=c1c2ccccc2oc2ccc(Br)cc12. The lowest BCUT2D eigenvalue weighted by atomic mass is 9.78. The summed E-state index contributed by atoms with van der Waals surface area (Å²) in [6.07, 6.45) is 0. The van der Waals surface area contributed by atoms with Crippen LogP contribution in [0.25, 0.3) is 146 Å². The second-order valence-electron chi connectivity index (χ2n) is 25.2. The van der Waals surface area contributed by atoms with Gasteiger partial charge in [0, 0.05) is 37.9 Å². The monoisotopic (exact) mass is 1360 g/mol. The molecule has 100 heavy (non-hydrogen) atoms. The predicted molar refractivity (Wildman–Crippen MR) is 406 cm³/mol. The average Bonchev–Trinajstić information content (AvgIpc) is 1.71. The molecule has 1 fully saturated rings. The third kappa shape index (κ3) is 13.5. The van der Waals surface area contributed by atoms with Gasteiger partial charge in [0.25, 0.3) is 0 Å². The molecule has 5 heterocycles. The molecule has 0 N–H and O–H groups in total. The van der Waals surface area contributed by atoms with Gasteiger partial charge in [-0.3, -0.25) is 9.59 Å².